The van der Waals surface area contributed by atoms with Gasteiger partial charge < -0.3 is 10.2 Å². The molecule has 0 bridgehead atoms. The van der Waals surface area contributed by atoms with Crippen LogP contribution < -0.4 is 5.32 Å². The lowest BCUT2D eigenvalue weighted by Gasteiger charge is -2.30. The summed E-state index contributed by atoms with van der Waals surface area (Å²) in [7, 11) is 0. The number of hydrogen-bond donors (Lipinski definition) is 1. The predicted octanol–water partition coefficient (Wildman–Crippen LogP) is 2.08. The van der Waals surface area contributed by atoms with Crippen LogP contribution in [0.5, 0.6) is 0 Å². The maximum Gasteiger partial charge on any atom is 0.244 e. The average molecular weight is 266 g/mol. The van der Waals surface area contributed by atoms with Gasteiger partial charge in [0.05, 0.1) is 0 Å². The Kier molecular flexibility index (Phi) is 5.23. The molecule has 2 aliphatic rings. The number of nitrogens with zero attached hydrogens (tertiary/aromatic N) is 1. The van der Waals surface area contributed by atoms with Gasteiger partial charge in [-0.2, -0.15) is 0 Å². The van der Waals surface area contributed by atoms with Crippen molar-refractivity contribution in [2.24, 2.45) is 5.92 Å². The van der Waals surface area contributed by atoms with Crippen molar-refractivity contribution >= 4 is 11.8 Å². The molecule has 2 rings (SSSR count). The molecule has 4 nitrogen and oxygen atoms in total. The maximum atomic E-state index is 12.2. The minimum Gasteiger partial charge on any atom is -0.344 e. The Morgan fingerprint density at radius 1 is 1.00 bits per heavy atom. The zero-order valence-electron chi connectivity index (χ0n) is 12.0. The van der Waals surface area contributed by atoms with Gasteiger partial charge in [-0.3, -0.25) is 9.59 Å². The van der Waals surface area contributed by atoms with Crippen LogP contribution in [-0.4, -0.2) is 35.8 Å². The van der Waals surface area contributed by atoms with Gasteiger partial charge in [-0.1, -0.05) is 19.3 Å². The summed E-state index contributed by atoms with van der Waals surface area (Å²) in [6.07, 6.45) is 8.90. The SMILES string of the molecule is C[C@H](NC(=O)C1CCCCC1)C(=O)N1CCCCC1. The number of likely N-dealkylation sites (tertiary alicyclic amines) is 1. The van der Waals surface area contributed by atoms with E-state index in [1.807, 2.05) is 11.8 Å². The van der Waals surface area contributed by atoms with E-state index in [-0.39, 0.29) is 23.8 Å². The van der Waals surface area contributed by atoms with E-state index in [1.54, 1.807) is 0 Å². The molecule has 1 aliphatic heterocycles. The van der Waals surface area contributed by atoms with Crippen LogP contribution in [0.25, 0.3) is 0 Å². The van der Waals surface area contributed by atoms with Gasteiger partial charge in [0, 0.05) is 19.0 Å². The highest BCUT2D eigenvalue weighted by Gasteiger charge is 2.27. The maximum absolute atomic E-state index is 12.2. The van der Waals surface area contributed by atoms with E-state index in [4.69, 9.17) is 0 Å². The first-order chi connectivity index (χ1) is 9.18. The van der Waals surface area contributed by atoms with E-state index in [9.17, 15) is 9.59 Å². The quantitative estimate of drug-likeness (QED) is 0.850. The first-order valence-electron chi connectivity index (χ1n) is 7.77. The summed E-state index contributed by atoms with van der Waals surface area (Å²) in [4.78, 5) is 26.2. The summed E-state index contributed by atoms with van der Waals surface area (Å²) >= 11 is 0. The Labute approximate surface area is 115 Å². The Hall–Kier alpha value is -1.06. The number of nitrogens with one attached hydrogen (secondary N) is 1. The third-order valence-electron chi connectivity index (χ3n) is 4.37. The Bertz CT molecular complexity index is 318. The van der Waals surface area contributed by atoms with E-state index in [0.29, 0.717) is 0 Å². The Morgan fingerprint density at radius 3 is 2.21 bits per heavy atom. The van der Waals surface area contributed by atoms with Crippen molar-refractivity contribution in [2.75, 3.05) is 13.1 Å². The number of carbonyl (C=O) groups excluding carboxylic acids is 2. The van der Waals surface area contributed by atoms with Gasteiger partial charge in [0.2, 0.25) is 11.8 Å². The topological polar surface area (TPSA) is 49.4 Å². The van der Waals surface area contributed by atoms with Crippen molar-refractivity contribution in [2.45, 2.75) is 64.3 Å². The first kappa shape index (κ1) is 14.4. The average Bonchev–Trinajstić information content (AvgIpc) is 2.48. The summed E-state index contributed by atoms with van der Waals surface area (Å²) < 4.78 is 0. The van der Waals surface area contributed by atoms with Crippen molar-refractivity contribution in [1.29, 1.82) is 0 Å². The van der Waals surface area contributed by atoms with Crippen molar-refractivity contribution in [1.82, 2.24) is 10.2 Å². The monoisotopic (exact) mass is 266 g/mol. The molecule has 0 aromatic carbocycles. The van der Waals surface area contributed by atoms with E-state index < -0.39 is 0 Å². The second-order valence-electron chi connectivity index (χ2n) is 5.95. The van der Waals surface area contributed by atoms with Crippen LogP contribution in [0, 0.1) is 5.92 Å². The highest BCUT2D eigenvalue weighted by Crippen LogP contribution is 2.23. The fourth-order valence-electron chi connectivity index (χ4n) is 3.15. The molecule has 1 aliphatic carbocycles. The number of piperidine rings is 1. The largest absolute Gasteiger partial charge is 0.344 e. The number of carbonyl (C=O) groups is 2. The first-order valence-corrected chi connectivity index (χ1v) is 7.77. The fraction of sp³-hybridized carbons (Fsp3) is 0.867. The molecule has 0 radical (unpaired) electrons. The third kappa shape index (κ3) is 3.95. The standard InChI is InChI=1S/C15H26N2O2/c1-12(15(19)17-10-6-3-7-11-17)16-14(18)13-8-4-2-5-9-13/h12-13H,2-11H2,1H3,(H,16,18)/t12-/m0/s1. The van der Waals surface area contributed by atoms with E-state index in [0.717, 1.165) is 51.6 Å². The number of amides is 2. The van der Waals surface area contributed by atoms with Crippen molar-refractivity contribution in [3.63, 3.8) is 0 Å². The van der Waals surface area contributed by atoms with Gasteiger partial charge in [-0.25, -0.2) is 0 Å². The molecule has 1 saturated heterocycles. The molecule has 2 amide bonds. The molecule has 0 spiro atoms. The van der Waals surface area contributed by atoms with Crippen LogP contribution in [0.4, 0.5) is 0 Å². The van der Waals surface area contributed by atoms with E-state index in [2.05, 4.69) is 5.32 Å². The van der Waals surface area contributed by atoms with Crippen molar-refractivity contribution in [3.8, 4) is 0 Å². The zero-order chi connectivity index (χ0) is 13.7. The molecule has 4 heteroatoms. The van der Waals surface area contributed by atoms with Gasteiger partial charge in [0.25, 0.3) is 0 Å². The van der Waals surface area contributed by atoms with Crippen LogP contribution >= 0.6 is 0 Å². The lowest BCUT2D eigenvalue weighted by Crippen LogP contribution is -2.49. The summed E-state index contributed by atoms with van der Waals surface area (Å²) in [6.45, 7) is 3.52. The van der Waals surface area contributed by atoms with Gasteiger partial charge in [0.15, 0.2) is 0 Å². The van der Waals surface area contributed by atoms with Gasteiger partial charge in [-0.05, 0) is 39.0 Å². The van der Waals surface area contributed by atoms with Crippen molar-refractivity contribution < 1.29 is 9.59 Å². The highest BCUT2D eigenvalue weighted by molar-refractivity contribution is 5.88. The zero-order valence-corrected chi connectivity index (χ0v) is 12.0. The minimum atomic E-state index is -0.368. The molecule has 1 heterocycles. The molecule has 0 aromatic rings. The molecule has 0 aromatic heterocycles. The molecule has 0 unspecified atom stereocenters. The lowest BCUT2D eigenvalue weighted by molar-refractivity contribution is -0.137. The normalized spacial score (nSPS) is 22.9. The molecule has 1 N–H and O–H groups in total. The van der Waals surface area contributed by atoms with Gasteiger partial charge >= 0.3 is 0 Å². The van der Waals surface area contributed by atoms with Gasteiger partial charge in [-0.15, -0.1) is 0 Å². The second kappa shape index (κ2) is 6.92. The number of rotatable bonds is 3. The van der Waals surface area contributed by atoms with Gasteiger partial charge in [0.1, 0.15) is 6.04 Å². The van der Waals surface area contributed by atoms with E-state index >= 15 is 0 Å². The molecule has 19 heavy (non-hydrogen) atoms. The lowest BCUT2D eigenvalue weighted by atomic mass is 9.88. The molecule has 1 atom stereocenters. The summed E-state index contributed by atoms with van der Waals surface area (Å²) in [5.41, 5.74) is 0. The highest BCUT2D eigenvalue weighted by atomic mass is 16.2. The smallest absolute Gasteiger partial charge is 0.244 e. The third-order valence-corrected chi connectivity index (χ3v) is 4.37. The second-order valence-corrected chi connectivity index (χ2v) is 5.95. The van der Waals surface area contributed by atoms with Crippen LogP contribution in [0.15, 0.2) is 0 Å². The fourth-order valence-corrected chi connectivity index (χ4v) is 3.15. The molecule has 2 fully saturated rings. The van der Waals surface area contributed by atoms with Crippen LogP contribution in [0.2, 0.25) is 0 Å². The Morgan fingerprint density at radius 2 is 1.58 bits per heavy atom. The Balaban J connectivity index is 1.80. The molecular weight excluding hydrogens is 240 g/mol. The molecule has 108 valence electrons. The van der Waals surface area contributed by atoms with Crippen LogP contribution in [0.1, 0.15) is 58.3 Å². The van der Waals surface area contributed by atoms with Crippen molar-refractivity contribution in [3.05, 3.63) is 0 Å². The summed E-state index contributed by atoms with van der Waals surface area (Å²) in [5.74, 6) is 0.298. The molecular formula is C15H26N2O2. The van der Waals surface area contributed by atoms with Crippen LogP contribution in [0.3, 0.4) is 0 Å². The molecule has 1 saturated carbocycles. The van der Waals surface area contributed by atoms with E-state index in [1.165, 1.54) is 12.8 Å². The minimum absolute atomic E-state index is 0.0811. The number of hydrogen-bond acceptors (Lipinski definition) is 2. The van der Waals surface area contributed by atoms with Crippen LogP contribution in [-0.2, 0) is 9.59 Å². The predicted molar refractivity (Wildman–Crippen MR) is 74.6 cm³/mol. The summed E-state index contributed by atoms with van der Waals surface area (Å²) in [6, 6.07) is -0.368. The summed E-state index contributed by atoms with van der Waals surface area (Å²) in [5, 5.41) is 2.92.